The number of nitrogens with one attached hydrogen (secondary N) is 1. The van der Waals surface area contributed by atoms with Crippen molar-refractivity contribution in [2.24, 2.45) is 0 Å². The lowest BCUT2D eigenvalue weighted by atomic mass is 10.0. The number of amides is 1. The second-order valence-electron chi connectivity index (χ2n) is 4.27. The molecule has 0 heterocycles. The maximum Gasteiger partial charge on any atom is 0.407 e. The first-order valence-electron chi connectivity index (χ1n) is 5.70. The Morgan fingerprint density at radius 2 is 2.06 bits per heavy atom. The molecular weight excluding hydrogens is 218 g/mol. The fourth-order valence-electron chi connectivity index (χ4n) is 1.16. The number of carbonyl (C=O) groups excluding carboxylic acids is 1. The second kappa shape index (κ2) is 6.25. The quantitative estimate of drug-likeness (QED) is 0.824. The Morgan fingerprint density at radius 3 is 2.65 bits per heavy atom. The zero-order chi connectivity index (χ0) is 12.7. The van der Waals surface area contributed by atoms with Crippen LogP contribution in [0.5, 0.6) is 0 Å². The number of rotatable bonds is 5. The SMILES string of the molecule is CCC(C)(O)CNC(=O)OCc1ccccc1. The van der Waals surface area contributed by atoms with Gasteiger partial charge in [0, 0.05) is 6.54 Å². The summed E-state index contributed by atoms with van der Waals surface area (Å²) in [5, 5.41) is 12.2. The van der Waals surface area contributed by atoms with Crippen molar-refractivity contribution in [3.05, 3.63) is 35.9 Å². The van der Waals surface area contributed by atoms with Gasteiger partial charge in [0.1, 0.15) is 6.61 Å². The summed E-state index contributed by atoms with van der Waals surface area (Å²) in [6, 6.07) is 9.45. The zero-order valence-corrected chi connectivity index (χ0v) is 10.3. The Kier molecular flexibility index (Phi) is 4.97. The summed E-state index contributed by atoms with van der Waals surface area (Å²) in [7, 11) is 0. The molecule has 1 atom stereocenters. The van der Waals surface area contributed by atoms with Crippen molar-refractivity contribution in [1.82, 2.24) is 5.32 Å². The number of alkyl carbamates (subject to hydrolysis) is 1. The zero-order valence-electron chi connectivity index (χ0n) is 10.3. The van der Waals surface area contributed by atoms with Gasteiger partial charge in [-0.2, -0.15) is 0 Å². The fourth-order valence-corrected chi connectivity index (χ4v) is 1.16. The number of benzene rings is 1. The Hall–Kier alpha value is -1.55. The predicted molar refractivity (Wildman–Crippen MR) is 65.5 cm³/mol. The Bertz CT molecular complexity index is 349. The molecule has 1 aromatic carbocycles. The van der Waals surface area contributed by atoms with Gasteiger partial charge in [-0.3, -0.25) is 0 Å². The van der Waals surface area contributed by atoms with Gasteiger partial charge in [0.2, 0.25) is 0 Å². The summed E-state index contributed by atoms with van der Waals surface area (Å²) in [5.74, 6) is 0. The summed E-state index contributed by atoms with van der Waals surface area (Å²) >= 11 is 0. The highest BCUT2D eigenvalue weighted by Gasteiger charge is 2.18. The first-order chi connectivity index (χ1) is 8.03. The molecule has 4 nitrogen and oxygen atoms in total. The van der Waals surface area contributed by atoms with E-state index in [0.717, 1.165) is 5.56 Å². The number of hydrogen-bond acceptors (Lipinski definition) is 3. The monoisotopic (exact) mass is 237 g/mol. The van der Waals surface area contributed by atoms with E-state index in [9.17, 15) is 9.90 Å². The Morgan fingerprint density at radius 1 is 1.41 bits per heavy atom. The lowest BCUT2D eigenvalue weighted by molar-refractivity contribution is 0.0520. The second-order valence-corrected chi connectivity index (χ2v) is 4.27. The van der Waals surface area contributed by atoms with Crippen LogP contribution in [0.15, 0.2) is 30.3 Å². The van der Waals surface area contributed by atoms with E-state index in [1.54, 1.807) is 6.92 Å². The van der Waals surface area contributed by atoms with Crippen LogP contribution >= 0.6 is 0 Å². The van der Waals surface area contributed by atoms with E-state index in [2.05, 4.69) is 5.32 Å². The van der Waals surface area contributed by atoms with Crippen molar-refractivity contribution in [2.75, 3.05) is 6.54 Å². The van der Waals surface area contributed by atoms with Gasteiger partial charge in [0.05, 0.1) is 5.60 Å². The summed E-state index contributed by atoms with van der Waals surface area (Å²) in [6.45, 7) is 3.96. The van der Waals surface area contributed by atoms with E-state index in [4.69, 9.17) is 4.74 Å². The smallest absolute Gasteiger partial charge is 0.407 e. The van der Waals surface area contributed by atoms with E-state index in [-0.39, 0.29) is 13.2 Å². The van der Waals surface area contributed by atoms with Crippen LogP contribution in [0.3, 0.4) is 0 Å². The molecule has 0 saturated carbocycles. The molecule has 0 bridgehead atoms. The van der Waals surface area contributed by atoms with Crippen LogP contribution in [-0.4, -0.2) is 23.3 Å². The van der Waals surface area contributed by atoms with Crippen LogP contribution < -0.4 is 5.32 Å². The van der Waals surface area contributed by atoms with Gasteiger partial charge in [-0.25, -0.2) is 4.79 Å². The molecule has 0 aliphatic rings. The topological polar surface area (TPSA) is 58.6 Å². The number of carbonyl (C=O) groups is 1. The van der Waals surface area contributed by atoms with Crippen molar-refractivity contribution >= 4 is 6.09 Å². The number of ether oxygens (including phenoxy) is 1. The van der Waals surface area contributed by atoms with E-state index in [1.165, 1.54) is 0 Å². The summed E-state index contributed by atoms with van der Waals surface area (Å²) < 4.78 is 5.01. The molecule has 17 heavy (non-hydrogen) atoms. The van der Waals surface area contributed by atoms with Crippen LogP contribution in [0, 0.1) is 0 Å². The molecule has 0 spiro atoms. The fraction of sp³-hybridized carbons (Fsp3) is 0.462. The first kappa shape index (κ1) is 13.5. The van der Waals surface area contributed by atoms with E-state index < -0.39 is 11.7 Å². The maximum atomic E-state index is 11.3. The molecule has 4 heteroatoms. The van der Waals surface area contributed by atoms with Crippen molar-refractivity contribution < 1.29 is 14.6 Å². The molecule has 0 saturated heterocycles. The van der Waals surface area contributed by atoms with Gasteiger partial charge in [0.15, 0.2) is 0 Å². The average molecular weight is 237 g/mol. The van der Waals surface area contributed by atoms with Gasteiger partial charge in [-0.15, -0.1) is 0 Å². The average Bonchev–Trinajstić information content (AvgIpc) is 2.35. The lowest BCUT2D eigenvalue weighted by Crippen LogP contribution is -2.40. The maximum absolute atomic E-state index is 11.3. The highest BCUT2D eigenvalue weighted by atomic mass is 16.5. The van der Waals surface area contributed by atoms with Crippen molar-refractivity contribution in [3.63, 3.8) is 0 Å². The number of aliphatic hydroxyl groups is 1. The van der Waals surface area contributed by atoms with Crippen LogP contribution in [-0.2, 0) is 11.3 Å². The molecule has 1 amide bonds. The molecule has 2 N–H and O–H groups in total. The van der Waals surface area contributed by atoms with Crippen molar-refractivity contribution in [1.29, 1.82) is 0 Å². The molecule has 0 radical (unpaired) electrons. The lowest BCUT2D eigenvalue weighted by Gasteiger charge is -2.21. The van der Waals surface area contributed by atoms with Gasteiger partial charge in [-0.05, 0) is 18.9 Å². The van der Waals surface area contributed by atoms with E-state index in [0.29, 0.717) is 6.42 Å². The minimum absolute atomic E-state index is 0.192. The summed E-state index contributed by atoms with van der Waals surface area (Å²) in [4.78, 5) is 11.3. The molecule has 1 rings (SSSR count). The van der Waals surface area contributed by atoms with E-state index in [1.807, 2.05) is 37.3 Å². The number of hydrogen-bond donors (Lipinski definition) is 2. The van der Waals surface area contributed by atoms with Crippen molar-refractivity contribution in [3.8, 4) is 0 Å². The highest BCUT2D eigenvalue weighted by molar-refractivity contribution is 5.67. The Labute approximate surface area is 102 Å². The predicted octanol–water partition coefficient (Wildman–Crippen LogP) is 2.07. The third-order valence-electron chi connectivity index (χ3n) is 2.59. The van der Waals surface area contributed by atoms with Crippen LogP contribution in [0.4, 0.5) is 4.79 Å². The first-order valence-corrected chi connectivity index (χ1v) is 5.70. The van der Waals surface area contributed by atoms with Gasteiger partial charge >= 0.3 is 6.09 Å². The van der Waals surface area contributed by atoms with Crippen LogP contribution in [0.1, 0.15) is 25.8 Å². The molecule has 94 valence electrons. The summed E-state index contributed by atoms with van der Waals surface area (Å²) in [6.07, 6.45) is 0.0639. The molecule has 0 aliphatic heterocycles. The molecular formula is C13H19NO3. The van der Waals surface area contributed by atoms with Crippen LogP contribution in [0.2, 0.25) is 0 Å². The molecule has 1 aromatic rings. The molecule has 0 fully saturated rings. The van der Waals surface area contributed by atoms with E-state index >= 15 is 0 Å². The minimum atomic E-state index is -0.883. The Balaban J connectivity index is 2.27. The minimum Gasteiger partial charge on any atom is -0.445 e. The van der Waals surface area contributed by atoms with Gasteiger partial charge < -0.3 is 15.2 Å². The van der Waals surface area contributed by atoms with Gasteiger partial charge in [-0.1, -0.05) is 37.3 Å². The molecule has 0 aromatic heterocycles. The standard InChI is InChI=1S/C13H19NO3/c1-3-13(2,16)10-14-12(15)17-9-11-7-5-4-6-8-11/h4-8,16H,3,9-10H2,1-2H3,(H,14,15). The highest BCUT2D eigenvalue weighted by Crippen LogP contribution is 2.06. The van der Waals surface area contributed by atoms with Crippen molar-refractivity contribution in [2.45, 2.75) is 32.5 Å². The van der Waals surface area contributed by atoms with Crippen LogP contribution in [0.25, 0.3) is 0 Å². The van der Waals surface area contributed by atoms with Gasteiger partial charge in [0.25, 0.3) is 0 Å². The summed E-state index contributed by atoms with van der Waals surface area (Å²) in [5.41, 5.74) is 0.0519. The largest absolute Gasteiger partial charge is 0.445 e. The third-order valence-corrected chi connectivity index (χ3v) is 2.59. The molecule has 1 unspecified atom stereocenters. The third kappa shape index (κ3) is 5.36. The normalized spacial score (nSPS) is 13.8. The molecule has 0 aliphatic carbocycles.